The zero-order chi connectivity index (χ0) is 26.0. The van der Waals surface area contributed by atoms with Crippen LogP contribution in [0.5, 0.6) is 0 Å². The summed E-state index contributed by atoms with van der Waals surface area (Å²) in [5, 5.41) is 10.9. The largest absolute Gasteiger partial charge is 0.464 e. The molecule has 0 saturated carbocycles. The van der Waals surface area contributed by atoms with Gasteiger partial charge in [0.05, 0.1) is 16.1 Å². The van der Waals surface area contributed by atoms with E-state index in [2.05, 4.69) is 0 Å². The number of alkyl halides is 6. The Labute approximate surface area is 194 Å². The first-order chi connectivity index (χ1) is 16.3. The number of carbonyl (C=O) groups excluding carboxylic acids is 2. The average molecular weight is 504 g/mol. The smallest absolute Gasteiger partial charge is 0.416 e. The molecular formula is C22H18F6N2O5. The lowest BCUT2D eigenvalue weighted by atomic mass is 9.92. The number of piperidine rings is 1. The van der Waals surface area contributed by atoms with E-state index in [4.69, 9.17) is 4.74 Å². The van der Waals surface area contributed by atoms with E-state index in [1.165, 1.54) is 24.3 Å². The number of rotatable bonds is 6. The number of benzene rings is 2. The number of nitro groups is 1. The molecule has 0 N–H and O–H groups in total. The van der Waals surface area contributed by atoms with Crippen LogP contribution in [0.15, 0.2) is 42.5 Å². The summed E-state index contributed by atoms with van der Waals surface area (Å²) in [6, 6.07) is 5.23. The molecule has 2 aromatic rings. The van der Waals surface area contributed by atoms with E-state index in [-0.39, 0.29) is 44.0 Å². The van der Waals surface area contributed by atoms with Crippen molar-refractivity contribution in [3.8, 4) is 0 Å². The Hall–Kier alpha value is -3.64. The van der Waals surface area contributed by atoms with Crippen molar-refractivity contribution in [2.75, 3.05) is 6.54 Å². The highest BCUT2D eigenvalue weighted by Gasteiger charge is 2.39. The second kappa shape index (κ2) is 9.92. The predicted molar refractivity (Wildman–Crippen MR) is 108 cm³/mol. The summed E-state index contributed by atoms with van der Waals surface area (Å²) in [5.74, 6) is -1.04. The predicted octanol–water partition coefficient (Wildman–Crippen LogP) is 5.02. The van der Waals surface area contributed by atoms with Crippen molar-refractivity contribution in [3.05, 3.63) is 74.8 Å². The van der Waals surface area contributed by atoms with Gasteiger partial charge in [0.1, 0.15) is 6.10 Å². The summed E-state index contributed by atoms with van der Waals surface area (Å²) in [6.45, 7) is 0.125. The summed E-state index contributed by atoms with van der Waals surface area (Å²) in [5.41, 5.74) is -3.65. The van der Waals surface area contributed by atoms with Gasteiger partial charge < -0.3 is 9.64 Å². The molecular weight excluding hydrogens is 486 g/mol. The molecule has 2 aromatic carbocycles. The molecule has 3 rings (SSSR count). The number of halogens is 6. The van der Waals surface area contributed by atoms with Crippen LogP contribution in [-0.4, -0.2) is 40.9 Å². The van der Waals surface area contributed by atoms with Crippen LogP contribution in [0.25, 0.3) is 0 Å². The van der Waals surface area contributed by atoms with Gasteiger partial charge in [0.2, 0.25) is 0 Å². The van der Waals surface area contributed by atoms with E-state index < -0.39 is 52.0 Å². The number of amides is 1. The SMILES string of the molecule is O=CO[C@H]1CCN(C(=O)c2cc(C(F)(F)F)cc(C(F)(F)F)c2)[C@H](Cc2ccc([N+](=O)[O-])cc2)C1. The number of ether oxygens (including phenoxy) is 1. The Morgan fingerprint density at radius 2 is 1.63 bits per heavy atom. The number of hydrogen-bond acceptors (Lipinski definition) is 5. The molecule has 188 valence electrons. The van der Waals surface area contributed by atoms with Gasteiger partial charge in [-0.2, -0.15) is 26.3 Å². The molecule has 1 aliphatic heterocycles. The Kier molecular flexibility index (Phi) is 7.36. The number of carbonyl (C=O) groups is 2. The second-order valence-electron chi connectivity index (χ2n) is 7.95. The molecule has 13 heteroatoms. The van der Waals surface area contributed by atoms with Crippen molar-refractivity contribution >= 4 is 18.1 Å². The van der Waals surface area contributed by atoms with Crippen molar-refractivity contribution in [3.63, 3.8) is 0 Å². The molecule has 7 nitrogen and oxygen atoms in total. The fourth-order valence-corrected chi connectivity index (χ4v) is 3.95. The van der Waals surface area contributed by atoms with Crippen molar-refractivity contribution < 1.29 is 45.6 Å². The van der Waals surface area contributed by atoms with Crippen molar-refractivity contribution in [1.82, 2.24) is 4.90 Å². The minimum Gasteiger partial charge on any atom is -0.464 e. The van der Waals surface area contributed by atoms with E-state index in [1.807, 2.05) is 0 Å². The van der Waals surface area contributed by atoms with Crippen molar-refractivity contribution in [1.29, 1.82) is 0 Å². The van der Waals surface area contributed by atoms with Gasteiger partial charge in [-0.3, -0.25) is 19.7 Å². The van der Waals surface area contributed by atoms with Gasteiger partial charge in [-0.25, -0.2) is 0 Å². The molecule has 1 fully saturated rings. The fourth-order valence-electron chi connectivity index (χ4n) is 3.95. The molecule has 0 spiro atoms. The maximum Gasteiger partial charge on any atom is 0.416 e. The van der Waals surface area contributed by atoms with E-state index in [0.29, 0.717) is 17.7 Å². The summed E-state index contributed by atoms with van der Waals surface area (Å²) in [4.78, 5) is 35.3. The van der Waals surface area contributed by atoms with Crippen LogP contribution in [0.1, 0.15) is 39.9 Å². The number of nitro benzene ring substituents is 1. The Balaban J connectivity index is 1.96. The third-order valence-corrected chi connectivity index (χ3v) is 5.63. The van der Waals surface area contributed by atoms with Crippen LogP contribution in [-0.2, 0) is 28.3 Å². The van der Waals surface area contributed by atoms with Crippen LogP contribution in [0, 0.1) is 10.1 Å². The van der Waals surface area contributed by atoms with Crippen molar-refractivity contribution in [2.24, 2.45) is 0 Å². The molecule has 0 radical (unpaired) electrons. The average Bonchev–Trinajstić information content (AvgIpc) is 2.78. The van der Waals surface area contributed by atoms with Crippen LogP contribution in [0.3, 0.4) is 0 Å². The second-order valence-corrected chi connectivity index (χ2v) is 7.95. The van der Waals surface area contributed by atoms with Crippen molar-refractivity contribution in [2.45, 2.75) is 43.8 Å². The van der Waals surface area contributed by atoms with Crippen LogP contribution in [0.2, 0.25) is 0 Å². The number of non-ortho nitro benzene ring substituents is 1. The van der Waals surface area contributed by atoms with Gasteiger partial charge in [0.15, 0.2) is 0 Å². The van der Waals surface area contributed by atoms with E-state index >= 15 is 0 Å². The summed E-state index contributed by atoms with van der Waals surface area (Å²) < 4.78 is 84.4. The molecule has 1 heterocycles. The van der Waals surface area contributed by atoms with Crippen LogP contribution < -0.4 is 0 Å². The first-order valence-electron chi connectivity index (χ1n) is 10.2. The van der Waals surface area contributed by atoms with Gasteiger partial charge in [-0.15, -0.1) is 0 Å². The van der Waals surface area contributed by atoms with E-state index in [9.17, 15) is 46.0 Å². The topological polar surface area (TPSA) is 89.8 Å². The first kappa shape index (κ1) is 26.0. The van der Waals surface area contributed by atoms with Gasteiger partial charge >= 0.3 is 12.4 Å². The first-order valence-corrected chi connectivity index (χ1v) is 10.2. The minimum atomic E-state index is -5.11. The lowest BCUT2D eigenvalue weighted by molar-refractivity contribution is -0.384. The minimum absolute atomic E-state index is 0.0602. The maximum absolute atomic E-state index is 13.2. The fraction of sp³-hybridized carbons (Fsp3) is 0.364. The molecule has 0 unspecified atom stereocenters. The number of likely N-dealkylation sites (tertiary alicyclic amines) is 1. The zero-order valence-corrected chi connectivity index (χ0v) is 17.8. The lowest BCUT2D eigenvalue weighted by Gasteiger charge is -2.39. The quantitative estimate of drug-likeness (QED) is 0.239. The molecule has 0 bridgehead atoms. The lowest BCUT2D eigenvalue weighted by Crippen LogP contribution is -2.49. The molecule has 35 heavy (non-hydrogen) atoms. The molecule has 2 atom stereocenters. The highest BCUT2D eigenvalue weighted by atomic mass is 19.4. The molecule has 1 amide bonds. The monoisotopic (exact) mass is 504 g/mol. The molecule has 1 aliphatic rings. The molecule has 1 saturated heterocycles. The normalized spacial score (nSPS) is 18.7. The van der Waals surface area contributed by atoms with Gasteiger partial charge in [-0.05, 0) is 30.2 Å². The maximum atomic E-state index is 13.2. The highest BCUT2D eigenvalue weighted by Crippen LogP contribution is 2.37. The summed E-state index contributed by atoms with van der Waals surface area (Å²) in [6.07, 6.45) is -10.6. The molecule has 0 aromatic heterocycles. The summed E-state index contributed by atoms with van der Waals surface area (Å²) in [7, 11) is 0. The Morgan fingerprint density at radius 3 is 2.11 bits per heavy atom. The van der Waals surface area contributed by atoms with Gasteiger partial charge in [0, 0.05) is 43.1 Å². The standard InChI is InChI=1S/C22H18F6N2O5/c23-21(24,25)15-8-14(9-16(10-15)22(26,27)28)20(32)29-6-5-19(35-12-31)11-18(29)7-13-1-3-17(4-2-13)30(33)34/h1-4,8-10,12,18-19H,5-7,11H2/t18-,19+/m1/s1. The zero-order valence-electron chi connectivity index (χ0n) is 17.8. The van der Waals surface area contributed by atoms with E-state index in [1.54, 1.807) is 0 Å². The molecule has 0 aliphatic carbocycles. The van der Waals surface area contributed by atoms with E-state index in [0.717, 1.165) is 4.90 Å². The third kappa shape index (κ3) is 6.28. The number of nitrogens with zero attached hydrogens (tertiary/aromatic N) is 2. The van der Waals surface area contributed by atoms with Gasteiger partial charge in [0.25, 0.3) is 18.1 Å². The van der Waals surface area contributed by atoms with Crippen LogP contribution >= 0.6 is 0 Å². The highest BCUT2D eigenvalue weighted by molar-refractivity contribution is 5.95. The van der Waals surface area contributed by atoms with Gasteiger partial charge in [-0.1, -0.05) is 12.1 Å². The Bertz CT molecular complexity index is 1070. The third-order valence-electron chi connectivity index (χ3n) is 5.63. The summed E-state index contributed by atoms with van der Waals surface area (Å²) >= 11 is 0. The van der Waals surface area contributed by atoms with Crippen LogP contribution in [0.4, 0.5) is 32.0 Å². The number of hydrogen-bond donors (Lipinski definition) is 0. The Morgan fingerprint density at radius 1 is 1.06 bits per heavy atom.